The van der Waals surface area contributed by atoms with Gasteiger partial charge in [-0.25, -0.2) is 0 Å². The van der Waals surface area contributed by atoms with Crippen LogP contribution < -0.4 is 0 Å². The topological polar surface area (TPSA) is 26.3 Å². The summed E-state index contributed by atoms with van der Waals surface area (Å²) in [5.74, 6) is 0.115. The molecule has 0 aromatic carbocycles. The summed E-state index contributed by atoms with van der Waals surface area (Å²) in [7, 11) is 0. The summed E-state index contributed by atoms with van der Waals surface area (Å²) >= 11 is 7.23. The summed E-state index contributed by atoms with van der Waals surface area (Å²) < 4.78 is 5.15. The van der Waals surface area contributed by atoms with E-state index in [4.69, 9.17) is 16.3 Å². The second-order valence-electron chi connectivity index (χ2n) is 2.82. The highest BCUT2D eigenvalue weighted by molar-refractivity contribution is 7.12. The number of hydrogen-bond donors (Lipinski definition) is 0. The Labute approximate surface area is 92.8 Å². The predicted octanol–water partition coefficient (Wildman–Crippen LogP) is 3.40. The van der Waals surface area contributed by atoms with E-state index in [-0.39, 0.29) is 5.78 Å². The van der Waals surface area contributed by atoms with E-state index in [1.807, 2.05) is 12.3 Å². The molecule has 0 aliphatic rings. The molecule has 4 heteroatoms. The van der Waals surface area contributed by atoms with Gasteiger partial charge < -0.3 is 4.74 Å². The van der Waals surface area contributed by atoms with Crippen LogP contribution in [-0.4, -0.2) is 19.0 Å². The third kappa shape index (κ3) is 3.40. The Kier molecular flexibility index (Phi) is 5.15. The Morgan fingerprint density at radius 2 is 2.43 bits per heavy atom. The second-order valence-corrected chi connectivity index (χ2v) is 4.14. The first-order chi connectivity index (χ1) is 6.75. The molecular formula is C10H13ClO2S. The summed E-state index contributed by atoms with van der Waals surface area (Å²) in [6, 6.07) is 1.75. The van der Waals surface area contributed by atoms with Crippen molar-refractivity contribution in [1.82, 2.24) is 0 Å². The SMILES string of the molecule is CCOCCCC(=O)c1sccc1Cl. The van der Waals surface area contributed by atoms with Crippen LogP contribution in [0, 0.1) is 0 Å². The number of halogens is 1. The number of hydrogen-bond acceptors (Lipinski definition) is 3. The first kappa shape index (κ1) is 11.7. The normalized spacial score (nSPS) is 10.4. The molecule has 14 heavy (non-hydrogen) atoms. The van der Waals surface area contributed by atoms with Crippen LogP contribution in [0.2, 0.25) is 5.02 Å². The first-order valence-electron chi connectivity index (χ1n) is 4.59. The van der Waals surface area contributed by atoms with Crippen LogP contribution in [0.3, 0.4) is 0 Å². The summed E-state index contributed by atoms with van der Waals surface area (Å²) in [5.41, 5.74) is 0. The van der Waals surface area contributed by atoms with Gasteiger partial charge in [0.15, 0.2) is 5.78 Å². The fourth-order valence-electron chi connectivity index (χ4n) is 1.09. The lowest BCUT2D eigenvalue weighted by atomic mass is 10.2. The van der Waals surface area contributed by atoms with Crippen molar-refractivity contribution in [2.24, 2.45) is 0 Å². The van der Waals surface area contributed by atoms with Gasteiger partial charge in [0.05, 0.1) is 9.90 Å². The zero-order valence-corrected chi connectivity index (χ0v) is 9.66. The summed E-state index contributed by atoms with van der Waals surface area (Å²) in [5, 5.41) is 2.40. The molecule has 0 spiro atoms. The van der Waals surface area contributed by atoms with E-state index in [1.54, 1.807) is 6.07 Å². The molecule has 0 saturated carbocycles. The Balaban J connectivity index is 2.32. The van der Waals surface area contributed by atoms with Crippen LogP contribution in [-0.2, 0) is 4.74 Å². The molecule has 0 radical (unpaired) electrons. The third-order valence-electron chi connectivity index (χ3n) is 1.77. The molecule has 2 nitrogen and oxygen atoms in total. The van der Waals surface area contributed by atoms with E-state index in [0.29, 0.717) is 29.5 Å². The Morgan fingerprint density at radius 1 is 1.64 bits per heavy atom. The largest absolute Gasteiger partial charge is 0.382 e. The molecule has 0 bridgehead atoms. The average molecular weight is 233 g/mol. The fraction of sp³-hybridized carbons (Fsp3) is 0.500. The molecule has 0 N–H and O–H groups in total. The lowest BCUT2D eigenvalue weighted by Crippen LogP contribution is -2.00. The second kappa shape index (κ2) is 6.17. The van der Waals surface area contributed by atoms with Crippen LogP contribution in [0.15, 0.2) is 11.4 Å². The maximum absolute atomic E-state index is 11.6. The number of rotatable bonds is 6. The van der Waals surface area contributed by atoms with Gasteiger partial charge >= 0.3 is 0 Å². The Morgan fingerprint density at radius 3 is 3.00 bits per heavy atom. The lowest BCUT2D eigenvalue weighted by molar-refractivity contribution is 0.0951. The number of carbonyl (C=O) groups excluding carboxylic acids is 1. The van der Waals surface area contributed by atoms with Gasteiger partial charge in [-0.1, -0.05) is 11.6 Å². The Bertz CT molecular complexity index is 296. The van der Waals surface area contributed by atoms with Crippen molar-refractivity contribution in [3.05, 3.63) is 21.3 Å². The molecule has 0 amide bonds. The lowest BCUT2D eigenvalue weighted by Gasteiger charge is -2.00. The number of carbonyl (C=O) groups is 1. The van der Waals surface area contributed by atoms with E-state index in [9.17, 15) is 4.79 Å². The van der Waals surface area contributed by atoms with Crippen molar-refractivity contribution < 1.29 is 9.53 Å². The smallest absolute Gasteiger partial charge is 0.174 e. The maximum atomic E-state index is 11.6. The van der Waals surface area contributed by atoms with Gasteiger partial charge in [0, 0.05) is 19.6 Å². The maximum Gasteiger partial charge on any atom is 0.174 e. The quantitative estimate of drug-likeness (QED) is 0.555. The highest BCUT2D eigenvalue weighted by atomic mass is 35.5. The van der Waals surface area contributed by atoms with Crippen LogP contribution >= 0.6 is 22.9 Å². The molecule has 78 valence electrons. The highest BCUT2D eigenvalue weighted by Gasteiger charge is 2.10. The van der Waals surface area contributed by atoms with E-state index < -0.39 is 0 Å². The van der Waals surface area contributed by atoms with Crippen LogP contribution in [0.25, 0.3) is 0 Å². The summed E-state index contributed by atoms with van der Waals surface area (Å²) in [6.45, 7) is 3.29. The van der Waals surface area contributed by atoms with Gasteiger partial charge in [-0.05, 0) is 24.8 Å². The molecule has 0 saturated heterocycles. The van der Waals surface area contributed by atoms with Crippen molar-refractivity contribution >= 4 is 28.7 Å². The predicted molar refractivity (Wildman–Crippen MR) is 59.4 cm³/mol. The molecule has 0 unspecified atom stereocenters. The molecule has 1 heterocycles. The molecule has 0 fully saturated rings. The van der Waals surface area contributed by atoms with E-state index in [1.165, 1.54) is 11.3 Å². The standard InChI is InChI=1S/C10H13ClO2S/c1-2-13-6-3-4-9(12)10-8(11)5-7-14-10/h5,7H,2-4,6H2,1H3. The van der Waals surface area contributed by atoms with Crippen molar-refractivity contribution in [1.29, 1.82) is 0 Å². The van der Waals surface area contributed by atoms with Gasteiger partial charge in [0.2, 0.25) is 0 Å². The minimum atomic E-state index is 0.115. The fourth-order valence-corrected chi connectivity index (χ4v) is 2.22. The van der Waals surface area contributed by atoms with Crippen molar-refractivity contribution in [2.45, 2.75) is 19.8 Å². The number of ketones is 1. The third-order valence-corrected chi connectivity index (χ3v) is 3.15. The number of Topliss-reactive ketones (excluding diaryl/α,β-unsaturated/α-hetero) is 1. The minimum absolute atomic E-state index is 0.115. The summed E-state index contributed by atoms with van der Waals surface area (Å²) in [6.07, 6.45) is 1.28. The number of thiophene rings is 1. The molecule has 1 rings (SSSR count). The van der Waals surface area contributed by atoms with E-state index in [2.05, 4.69) is 0 Å². The van der Waals surface area contributed by atoms with Crippen molar-refractivity contribution in [2.75, 3.05) is 13.2 Å². The molecule has 1 aromatic rings. The van der Waals surface area contributed by atoms with Crippen LogP contribution in [0.5, 0.6) is 0 Å². The first-order valence-corrected chi connectivity index (χ1v) is 5.85. The van der Waals surface area contributed by atoms with Crippen LogP contribution in [0.1, 0.15) is 29.4 Å². The monoisotopic (exact) mass is 232 g/mol. The zero-order valence-electron chi connectivity index (χ0n) is 8.09. The van der Waals surface area contributed by atoms with Gasteiger partial charge in [-0.2, -0.15) is 0 Å². The molecular weight excluding hydrogens is 220 g/mol. The van der Waals surface area contributed by atoms with Crippen LogP contribution in [0.4, 0.5) is 0 Å². The zero-order chi connectivity index (χ0) is 10.4. The Hall–Kier alpha value is -0.380. The van der Waals surface area contributed by atoms with Gasteiger partial charge in [0.1, 0.15) is 0 Å². The van der Waals surface area contributed by atoms with Gasteiger partial charge in [-0.15, -0.1) is 11.3 Å². The highest BCUT2D eigenvalue weighted by Crippen LogP contribution is 2.23. The molecule has 0 aliphatic heterocycles. The number of ether oxygens (including phenoxy) is 1. The van der Waals surface area contributed by atoms with Gasteiger partial charge in [0.25, 0.3) is 0 Å². The van der Waals surface area contributed by atoms with Gasteiger partial charge in [-0.3, -0.25) is 4.79 Å². The van der Waals surface area contributed by atoms with Crippen molar-refractivity contribution in [3.63, 3.8) is 0 Å². The average Bonchev–Trinajstić information content (AvgIpc) is 2.59. The van der Waals surface area contributed by atoms with E-state index in [0.717, 1.165) is 6.42 Å². The molecule has 0 atom stereocenters. The van der Waals surface area contributed by atoms with E-state index >= 15 is 0 Å². The molecule has 0 aliphatic carbocycles. The van der Waals surface area contributed by atoms with Crippen molar-refractivity contribution in [3.8, 4) is 0 Å². The minimum Gasteiger partial charge on any atom is -0.382 e. The molecule has 1 aromatic heterocycles. The summed E-state index contributed by atoms with van der Waals surface area (Å²) in [4.78, 5) is 12.2.